The van der Waals surface area contributed by atoms with Crippen LogP contribution >= 0.6 is 0 Å². The average Bonchev–Trinajstić information content (AvgIpc) is 2.70. The van der Waals surface area contributed by atoms with Gasteiger partial charge in [-0.2, -0.15) is 0 Å². The summed E-state index contributed by atoms with van der Waals surface area (Å²) in [5, 5.41) is 8.08. The summed E-state index contributed by atoms with van der Waals surface area (Å²) in [6, 6.07) is 11.3. The second kappa shape index (κ2) is 10.4. The monoisotopic (exact) mass is 399 g/mol. The molecule has 29 heavy (non-hydrogen) atoms. The Morgan fingerprint density at radius 2 is 1.72 bits per heavy atom. The van der Waals surface area contributed by atoms with Crippen molar-refractivity contribution in [2.75, 3.05) is 11.9 Å². The van der Waals surface area contributed by atoms with Gasteiger partial charge in [0.05, 0.1) is 5.56 Å². The molecule has 0 saturated heterocycles. The van der Waals surface area contributed by atoms with Gasteiger partial charge in [0.15, 0.2) is 0 Å². The number of amides is 3. The minimum absolute atomic E-state index is 0.124. The molecule has 0 spiro atoms. The van der Waals surface area contributed by atoms with Crippen LogP contribution < -0.4 is 16.0 Å². The molecule has 0 aliphatic heterocycles. The minimum Gasteiger partial charge on any atom is -0.352 e. The molecule has 0 saturated carbocycles. The molecule has 0 heterocycles. The van der Waals surface area contributed by atoms with Crippen LogP contribution in [0.3, 0.4) is 0 Å². The van der Waals surface area contributed by atoms with Gasteiger partial charge in [0, 0.05) is 17.8 Å². The van der Waals surface area contributed by atoms with E-state index in [0.717, 1.165) is 6.42 Å². The van der Waals surface area contributed by atoms with Crippen LogP contribution in [-0.4, -0.2) is 30.3 Å². The lowest BCUT2D eigenvalue weighted by molar-refractivity contribution is -0.118. The SMILES string of the molecule is CCCNC(=O)c1cccc(NC(=O)C(NC(=O)c2ccccc2F)C(C)C)c1. The van der Waals surface area contributed by atoms with E-state index < -0.39 is 23.7 Å². The van der Waals surface area contributed by atoms with Gasteiger partial charge >= 0.3 is 0 Å². The van der Waals surface area contributed by atoms with Crippen molar-refractivity contribution < 1.29 is 18.8 Å². The first-order chi connectivity index (χ1) is 13.8. The molecule has 7 heteroatoms. The van der Waals surface area contributed by atoms with Crippen molar-refractivity contribution in [3.05, 3.63) is 65.5 Å². The zero-order chi connectivity index (χ0) is 21.4. The third-order valence-corrected chi connectivity index (χ3v) is 4.28. The van der Waals surface area contributed by atoms with E-state index in [-0.39, 0.29) is 17.4 Å². The topological polar surface area (TPSA) is 87.3 Å². The van der Waals surface area contributed by atoms with E-state index in [9.17, 15) is 18.8 Å². The summed E-state index contributed by atoms with van der Waals surface area (Å²) in [4.78, 5) is 37.2. The van der Waals surface area contributed by atoms with Crippen molar-refractivity contribution in [3.8, 4) is 0 Å². The number of benzene rings is 2. The molecule has 2 rings (SSSR count). The minimum atomic E-state index is -0.875. The van der Waals surface area contributed by atoms with E-state index in [0.29, 0.717) is 17.8 Å². The van der Waals surface area contributed by atoms with Crippen molar-refractivity contribution in [3.63, 3.8) is 0 Å². The first kappa shape index (κ1) is 22.1. The summed E-state index contributed by atoms with van der Waals surface area (Å²) in [6.07, 6.45) is 0.819. The lowest BCUT2D eigenvalue weighted by Crippen LogP contribution is -2.47. The van der Waals surface area contributed by atoms with Gasteiger partial charge in [-0.1, -0.05) is 39.0 Å². The van der Waals surface area contributed by atoms with Crippen molar-refractivity contribution in [2.45, 2.75) is 33.2 Å². The summed E-state index contributed by atoms with van der Waals surface area (Å²) in [5.41, 5.74) is 0.734. The first-order valence-electron chi connectivity index (χ1n) is 9.58. The van der Waals surface area contributed by atoms with E-state index in [1.54, 1.807) is 44.2 Å². The Morgan fingerprint density at radius 3 is 2.38 bits per heavy atom. The molecule has 3 N–H and O–H groups in total. The van der Waals surface area contributed by atoms with Crippen molar-refractivity contribution in [2.24, 2.45) is 5.92 Å². The largest absolute Gasteiger partial charge is 0.352 e. The second-order valence-electron chi connectivity index (χ2n) is 7.00. The van der Waals surface area contributed by atoms with Gasteiger partial charge in [-0.05, 0) is 42.7 Å². The molecule has 2 aromatic rings. The van der Waals surface area contributed by atoms with Gasteiger partial charge < -0.3 is 16.0 Å². The number of nitrogens with one attached hydrogen (secondary N) is 3. The lowest BCUT2D eigenvalue weighted by Gasteiger charge is -2.22. The predicted octanol–water partition coefficient (Wildman–Crippen LogP) is 3.36. The van der Waals surface area contributed by atoms with Gasteiger partial charge in [0.25, 0.3) is 11.8 Å². The number of hydrogen-bond donors (Lipinski definition) is 3. The maximum atomic E-state index is 13.8. The number of anilines is 1. The normalized spacial score (nSPS) is 11.6. The van der Waals surface area contributed by atoms with E-state index in [1.807, 2.05) is 6.92 Å². The molecule has 0 bridgehead atoms. The van der Waals surface area contributed by atoms with E-state index >= 15 is 0 Å². The molecular weight excluding hydrogens is 373 g/mol. The number of carbonyl (C=O) groups is 3. The van der Waals surface area contributed by atoms with Gasteiger partial charge in [0.2, 0.25) is 5.91 Å². The summed E-state index contributed by atoms with van der Waals surface area (Å²) in [7, 11) is 0. The number of hydrogen-bond acceptors (Lipinski definition) is 3. The van der Waals surface area contributed by atoms with Crippen LogP contribution in [0.1, 0.15) is 47.9 Å². The van der Waals surface area contributed by atoms with Crippen molar-refractivity contribution in [1.82, 2.24) is 10.6 Å². The predicted molar refractivity (Wildman–Crippen MR) is 110 cm³/mol. The summed E-state index contributed by atoms with van der Waals surface area (Å²) < 4.78 is 13.8. The van der Waals surface area contributed by atoms with Crippen LogP contribution in [0, 0.1) is 11.7 Å². The van der Waals surface area contributed by atoms with Crippen molar-refractivity contribution in [1.29, 1.82) is 0 Å². The highest BCUT2D eigenvalue weighted by Crippen LogP contribution is 2.14. The van der Waals surface area contributed by atoms with Crippen LogP contribution in [0.4, 0.5) is 10.1 Å². The van der Waals surface area contributed by atoms with Crippen LogP contribution in [0.15, 0.2) is 48.5 Å². The molecule has 154 valence electrons. The second-order valence-corrected chi connectivity index (χ2v) is 7.00. The third-order valence-electron chi connectivity index (χ3n) is 4.28. The van der Waals surface area contributed by atoms with E-state index in [2.05, 4.69) is 16.0 Å². The number of rotatable bonds is 8. The third kappa shape index (κ3) is 6.14. The molecule has 3 amide bonds. The summed E-state index contributed by atoms with van der Waals surface area (Å²) in [5.74, 6) is -2.22. The quantitative estimate of drug-likeness (QED) is 0.636. The van der Waals surface area contributed by atoms with Crippen LogP contribution in [-0.2, 0) is 4.79 Å². The Bertz CT molecular complexity index is 883. The Labute approximate surface area is 169 Å². The van der Waals surface area contributed by atoms with Gasteiger partial charge in [0.1, 0.15) is 11.9 Å². The fourth-order valence-electron chi connectivity index (χ4n) is 2.70. The molecular formula is C22H26FN3O3. The highest BCUT2D eigenvalue weighted by atomic mass is 19.1. The van der Waals surface area contributed by atoms with Crippen LogP contribution in [0.2, 0.25) is 0 Å². The fraction of sp³-hybridized carbons (Fsp3) is 0.318. The molecule has 0 fully saturated rings. The Hall–Kier alpha value is -3.22. The summed E-state index contributed by atoms with van der Waals surface area (Å²) >= 11 is 0. The average molecular weight is 399 g/mol. The van der Waals surface area contributed by atoms with Crippen molar-refractivity contribution >= 4 is 23.4 Å². The molecule has 0 radical (unpaired) electrons. The Kier molecular flexibility index (Phi) is 7.88. The summed E-state index contributed by atoms with van der Waals surface area (Å²) in [6.45, 7) is 6.08. The molecule has 0 aromatic heterocycles. The lowest BCUT2D eigenvalue weighted by atomic mass is 10.0. The fourth-order valence-corrected chi connectivity index (χ4v) is 2.70. The molecule has 1 unspecified atom stereocenters. The zero-order valence-corrected chi connectivity index (χ0v) is 16.8. The van der Waals surface area contributed by atoms with Crippen LogP contribution in [0.5, 0.6) is 0 Å². The maximum Gasteiger partial charge on any atom is 0.254 e. The maximum absolute atomic E-state index is 13.8. The zero-order valence-electron chi connectivity index (χ0n) is 16.8. The first-order valence-corrected chi connectivity index (χ1v) is 9.58. The van der Waals surface area contributed by atoms with Gasteiger partial charge in [-0.25, -0.2) is 4.39 Å². The Balaban J connectivity index is 2.11. The standard InChI is InChI=1S/C22H26FN3O3/c1-4-12-24-20(27)15-8-7-9-16(13-15)25-22(29)19(14(2)3)26-21(28)17-10-5-6-11-18(17)23/h5-11,13-14,19H,4,12H2,1-3H3,(H,24,27)(H,25,29)(H,26,28). The van der Waals surface area contributed by atoms with Gasteiger partial charge in [-0.3, -0.25) is 14.4 Å². The number of halogens is 1. The molecule has 0 aliphatic rings. The molecule has 2 aromatic carbocycles. The van der Waals surface area contributed by atoms with E-state index in [1.165, 1.54) is 18.2 Å². The highest BCUT2D eigenvalue weighted by molar-refractivity contribution is 6.02. The number of carbonyl (C=O) groups excluding carboxylic acids is 3. The van der Waals surface area contributed by atoms with Crippen LogP contribution in [0.25, 0.3) is 0 Å². The molecule has 0 aliphatic carbocycles. The highest BCUT2D eigenvalue weighted by Gasteiger charge is 2.26. The van der Waals surface area contributed by atoms with Gasteiger partial charge in [-0.15, -0.1) is 0 Å². The molecule has 1 atom stereocenters. The van der Waals surface area contributed by atoms with E-state index in [4.69, 9.17) is 0 Å². The Morgan fingerprint density at radius 1 is 1.00 bits per heavy atom. The smallest absolute Gasteiger partial charge is 0.254 e. The molecule has 6 nitrogen and oxygen atoms in total.